The molecule has 0 radical (unpaired) electrons. The lowest BCUT2D eigenvalue weighted by Gasteiger charge is -2.27. The highest BCUT2D eigenvalue weighted by Crippen LogP contribution is 2.30. The second-order valence-corrected chi connectivity index (χ2v) is 12.1. The van der Waals surface area contributed by atoms with Crippen molar-refractivity contribution < 1.29 is 32.2 Å². The SMILES string of the molecule is C=C(NC(=O)c1n(C)nc(CCC)[n+]1N)c1cc(S(=O)(=O)N2CCC(=O)C(=Cc3ccc(OCC)cc3)C2)ccc1OCC. The van der Waals surface area contributed by atoms with Crippen molar-refractivity contribution in [2.24, 2.45) is 7.05 Å². The first kappa shape index (κ1) is 32.4. The van der Waals surface area contributed by atoms with Crippen molar-refractivity contribution in [3.63, 3.8) is 0 Å². The van der Waals surface area contributed by atoms with Gasteiger partial charge in [-0.1, -0.05) is 25.6 Å². The van der Waals surface area contributed by atoms with E-state index < -0.39 is 15.9 Å². The van der Waals surface area contributed by atoms with E-state index in [0.29, 0.717) is 48.1 Å². The summed E-state index contributed by atoms with van der Waals surface area (Å²) in [5, 5.41) is 7.03. The van der Waals surface area contributed by atoms with Gasteiger partial charge in [0.1, 0.15) is 11.5 Å². The Morgan fingerprint density at radius 3 is 2.50 bits per heavy atom. The quantitative estimate of drug-likeness (QED) is 0.178. The van der Waals surface area contributed by atoms with Crippen LogP contribution >= 0.6 is 0 Å². The van der Waals surface area contributed by atoms with Crippen LogP contribution in [0.5, 0.6) is 11.5 Å². The number of benzene rings is 2. The minimum Gasteiger partial charge on any atom is -0.494 e. The van der Waals surface area contributed by atoms with Crippen molar-refractivity contribution in [2.75, 3.05) is 32.1 Å². The van der Waals surface area contributed by atoms with Gasteiger partial charge in [-0.25, -0.2) is 8.42 Å². The Hall–Kier alpha value is -4.49. The normalized spacial score (nSPS) is 14.9. The summed E-state index contributed by atoms with van der Waals surface area (Å²) in [6.45, 7) is 10.5. The monoisotopic (exact) mass is 623 g/mol. The highest BCUT2D eigenvalue weighted by molar-refractivity contribution is 7.89. The molecule has 1 amide bonds. The van der Waals surface area contributed by atoms with Gasteiger partial charge in [0.2, 0.25) is 10.0 Å². The van der Waals surface area contributed by atoms with Crippen molar-refractivity contribution in [1.82, 2.24) is 19.4 Å². The first-order valence-electron chi connectivity index (χ1n) is 14.5. The summed E-state index contributed by atoms with van der Waals surface area (Å²) in [5.74, 6) is 7.16. The molecule has 4 rings (SSSR count). The number of aryl methyl sites for hydroxylation is 2. The maximum Gasteiger partial charge on any atom is 0.348 e. The topological polar surface area (TPSA) is 150 Å². The number of aromatic nitrogens is 3. The number of nitrogen functional groups attached to an aromatic ring is 1. The van der Waals surface area contributed by atoms with Crippen LogP contribution in [-0.2, 0) is 28.3 Å². The minimum absolute atomic E-state index is 0.0271. The Bertz CT molecular complexity index is 1690. The van der Waals surface area contributed by atoms with Gasteiger partial charge >= 0.3 is 11.7 Å². The number of hydrogen-bond donors (Lipinski definition) is 2. The van der Waals surface area contributed by atoms with Gasteiger partial charge in [0, 0.05) is 47.9 Å². The fourth-order valence-corrected chi connectivity index (χ4v) is 6.34. The van der Waals surface area contributed by atoms with E-state index in [2.05, 4.69) is 17.0 Å². The van der Waals surface area contributed by atoms with E-state index in [9.17, 15) is 18.0 Å². The fraction of sp³-hybridized carbons (Fsp3) is 0.355. The first-order valence-corrected chi connectivity index (χ1v) is 15.9. The molecule has 12 nitrogen and oxygen atoms in total. The molecule has 0 spiro atoms. The Labute approximate surface area is 257 Å². The predicted octanol–water partition coefficient (Wildman–Crippen LogP) is 2.62. The van der Waals surface area contributed by atoms with E-state index in [-0.39, 0.29) is 41.7 Å². The maximum absolute atomic E-state index is 13.8. The van der Waals surface area contributed by atoms with Gasteiger partial charge in [0.15, 0.2) is 5.78 Å². The Kier molecular flexibility index (Phi) is 10.2. The van der Waals surface area contributed by atoms with Gasteiger partial charge in [-0.3, -0.25) is 15.4 Å². The van der Waals surface area contributed by atoms with Crippen LogP contribution in [0, 0.1) is 0 Å². The summed E-state index contributed by atoms with van der Waals surface area (Å²) in [5.41, 5.74) is 1.57. The third-order valence-electron chi connectivity index (χ3n) is 7.06. The van der Waals surface area contributed by atoms with Crippen LogP contribution in [0.2, 0.25) is 0 Å². The van der Waals surface area contributed by atoms with Crippen LogP contribution in [0.15, 0.2) is 59.5 Å². The van der Waals surface area contributed by atoms with Crippen molar-refractivity contribution in [1.29, 1.82) is 0 Å². The summed E-state index contributed by atoms with van der Waals surface area (Å²) >= 11 is 0. The zero-order valence-corrected chi connectivity index (χ0v) is 26.3. The molecular formula is C31H39N6O6S+. The highest BCUT2D eigenvalue weighted by Gasteiger charge is 2.33. The molecule has 0 bridgehead atoms. The summed E-state index contributed by atoms with van der Waals surface area (Å²) in [6, 6.07) is 11.6. The molecule has 2 heterocycles. The summed E-state index contributed by atoms with van der Waals surface area (Å²) in [4.78, 5) is 25.9. The molecule has 13 heteroatoms. The number of carbonyl (C=O) groups is 2. The summed E-state index contributed by atoms with van der Waals surface area (Å²) in [6.07, 6.45) is 3.14. The van der Waals surface area contributed by atoms with Crippen LogP contribution < -0.4 is 25.3 Å². The molecule has 0 atom stereocenters. The molecule has 1 saturated heterocycles. The highest BCUT2D eigenvalue weighted by atomic mass is 32.2. The van der Waals surface area contributed by atoms with E-state index in [1.54, 1.807) is 32.2 Å². The van der Waals surface area contributed by atoms with Gasteiger partial charge in [0.25, 0.3) is 5.82 Å². The van der Waals surface area contributed by atoms with Crippen LogP contribution in [-0.4, -0.2) is 60.5 Å². The number of hydrogen-bond acceptors (Lipinski definition) is 8. The molecule has 0 saturated carbocycles. The number of sulfonamides is 1. The fourth-order valence-electron chi connectivity index (χ4n) is 4.90. The third-order valence-corrected chi connectivity index (χ3v) is 8.90. The standard InChI is InChI=1S/C31H38N6O6S/c1-6-9-29-34-35(5)31(37(29)32)30(39)33-21(4)26-19-25(14-15-28(26)43-8-3)44(40,41)36-17-16-27(38)23(20-36)18-22-10-12-24(13-11-22)42-7-2/h10-15,18-19H,4,6-9,16-17,20H2,1-3,5H3,(H2-,32,33,39)/p+1. The van der Waals surface area contributed by atoms with Gasteiger partial charge in [0.05, 0.1) is 25.2 Å². The van der Waals surface area contributed by atoms with Crippen LogP contribution in [0.4, 0.5) is 0 Å². The molecular weight excluding hydrogens is 584 g/mol. The molecule has 0 unspecified atom stereocenters. The largest absolute Gasteiger partial charge is 0.494 e. The van der Waals surface area contributed by atoms with Crippen molar-refractivity contribution in [2.45, 2.75) is 44.9 Å². The van der Waals surface area contributed by atoms with Gasteiger partial charge in [-0.15, -0.1) is 9.36 Å². The van der Waals surface area contributed by atoms with E-state index in [1.807, 2.05) is 26.0 Å². The number of carbonyl (C=O) groups excluding carboxylic acids is 2. The molecule has 1 fully saturated rings. The number of Topliss-reactive ketones (excluding diaryl/α,β-unsaturated/α-hetero) is 1. The number of ketones is 1. The Balaban J connectivity index is 1.60. The lowest BCUT2D eigenvalue weighted by atomic mass is 10.0. The number of ether oxygens (including phenoxy) is 2. The van der Waals surface area contributed by atoms with Crippen molar-refractivity contribution >= 4 is 33.5 Å². The lowest BCUT2D eigenvalue weighted by molar-refractivity contribution is -0.649. The number of nitrogens with two attached hydrogens (primary N) is 1. The zero-order chi connectivity index (χ0) is 32.0. The van der Waals surface area contributed by atoms with Crippen LogP contribution in [0.1, 0.15) is 61.2 Å². The first-order chi connectivity index (χ1) is 21.0. The molecule has 3 aromatic rings. The number of nitrogens with one attached hydrogen (secondary N) is 1. The molecule has 1 aliphatic heterocycles. The summed E-state index contributed by atoms with van der Waals surface area (Å²) in [7, 11) is -2.42. The lowest BCUT2D eigenvalue weighted by Crippen LogP contribution is -2.53. The number of amides is 1. The van der Waals surface area contributed by atoms with Gasteiger partial charge < -0.3 is 14.8 Å². The predicted molar refractivity (Wildman–Crippen MR) is 166 cm³/mol. The van der Waals surface area contributed by atoms with Crippen molar-refractivity contribution in [3.8, 4) is 11.5 Å². The zero-order valence-electron chi connectivity index (χ0n) is 25.5. The Morgan fingerprint density at radius 2 is 1.84 bits per heavy atom. The number of piperidine rings is 1. The average molecular weight is 624 g/mol. The van der Waals surface area contributed by atoms with E-state index in [0.717, 1.165) is 12.0 Å². The van der Waals surface area contributed by atoms with Crippen LogP contribution in [0.3, 0.4) is 0 Å². The Morgan fingerprint density at radius 1 is 1.14 bits per heavy atom. The third kappa shape index (κ3) is 7.00. The maximum atomic E-state index is 13.8. The van der Waals surface area contributed by atoms with Crippen molar-refractivity contribution in [3.05, 3.63) is 77.4 Å². The minimum atomic E-state index is -4.04. The molecule has 234 valence electrons. The summed E-state index contributed by atoms with van der Waals surface area (Å²) < 4.78 is 42.8. The molecule has 2 aromatic carbocycles. The molecule has 3 N–H and O–H groups in total. The number of rotatable bonds is 12. The smallest absolute Gasteiger partial charge is 0.348 e. The van der Waals surface area contributed by atoms with E-state index in [4.69, 9.17) is 15.3 Å². The molecule has 0 aliphatic carbocycles. The molecule has 1 aliphatic rings. The average Bonchev–Trinajstić information content (AvgIpc) is 3.27. The molecule has 44 heavy (non-hydrogen) atoms. The number of nitrogens with zero attached hydrogens (tertiary/aromatic N) is 4. The van der Waals surface area contributed by atoms with E-state index in [1.165, 1.54) is 31.9 Å². The van der Waals surface area contributed by atoms with Gasteiger partial charge in [-0.05, 0) is 62.2 Å². The second kappa shape index (κ2) is 13.9. The van der Waals surface area contributed by atoms with Crippen LogP contribution in [0.25, 0.3) is 11.8 Å². The second-order valence-electron chi connectivity index (χ2n) is 10.2. The molecule has 1 aromatic heterocycles. The van der Waals surface area contributed by atoms with E-state index >= 15 is 0 Å². The van der Waals surface area contributed by atoms with Gasteiger partial charge in [-0.2, -0.15) is 4.31 Å².